The predicted molar refractivity (Wildman–Crippen MR) is 59.6 cm³/mol. The van der Waals surface area contributed by atoms with Gasteiger partial charge in [0, 0.05) is 25.8 Å². The standard InChI is InChI=1S/C12H16N2/c1-14-8-11(7-12(13)9-14)10-5-3-2-4-6-10/h2-6,8,12H,7,9,13H2,1H3. The van der Waals surface area contributed by atoms with Crippen molar-refractivity contribution in [3.05, 3.63) is 42.1 Å². The quantitative estimate of drug-likeness (QED) is 0.726. The Morgan fingerprint density at radius 1 is 1.29 bits per heavy atom. The highest BCUT2D eigenvalue weighted by Crippen LogP contribution is 2.23. The van der Waals surface area contributed by atoms with E-state index in [1.807, 2.05) is 6.07 Å². The van der Waals surface area contributed by atoms with Gasteiger partial charge < -0.3 is 10.6 Å². The van der Waals surface area contributed by atoms with Crippen LogP contribution < -0.4 is 5.73 Å². The van der Waals surface area contributed by atoms with Gasteiger partial charge in [-0.1, -0.05) is 30.3 Å². The maximum atomic E-state index is 5.97. The SMILES string of the molecule is CN1C=C(c2ccccc2)CC(N)C1. The van der Waals surface area contributed by atoms with Gasteiger partial charge in [0.05, 0.1) is 0 Å². The van der Waals surface area contributed by atoms with Crippen LogP contribution in [0.4, 0.5) is 0 Å². The van der Waals surface area contributed by atoms with Crippen LogP contribution >= 0.6 is 0 Å². The Bertz CT molecular complexity index is 329. The minimum Gasteiger partial charge on any atom is -0.379 e. The van der Waals surface area contributed by atoms with Gasteiger partial charge in [-0.25, -0.2) is 0 Å². The highest BCUT2D eigenvalue weighted by Gasteiger charge is 2.15. The van der Waals surface area contributed by atoms with Gasteiger partial charge in [0.25, 0.3) is 0 Å². The van der Waals surface area contributed by atoms with Gasteiger partial charge in [0.15, 0.2) is 0 Å². The van der Waals surface area contributed by atoms with E-state index >= 15 is 0 Å². The van der Waals surface area contributed by atoms with Crippen molar-refractivity contribution >= 4 is 5.57 Å². The van der Waals surface area contributed by atoms with Crippen molar-refractivity contribution in [1.82, 2.24) is 4.90 Å². The molecule has 0 saturated heterocycles. The van der Waals surface area contributed by atoms with Gasteiger partial charge in [0.1, 0.15) is 0 Å². The second kappa shape index (κ2) is 3.84. The Balaban J connectivity index is 2.26. The van der Waals surface area contributed by atoms with Crippen LogP contribution in [0.25, 0.3) is 5.57 Å². The molecule has 1 aromatic rings. The van der Waals surface area contributed by atoms with E-state index in [0.717, 1.165) is 13.0 Å². The van der Waals surface area contributed by atoms with E-state index in [1.165, 1.54) is 11.1 Å². The molecule has 0 aliphatic carbocycles. The number of likely N-dealkylation sites (N-methyl/N-ethyl adjacent to an activating group) is 1. The monoisotopic (exact) mass is 188 g/mol. The van der Waals surface area contributed by atoms with Gasteiger partial charge in [-0.15, -0.1) is 0 Å². The third-order valence-electron chi connectivity index (χ3n) is 2.53. The third-order valence-corrected chi connectivity index (χ3v) is 2.53. The smallest absolute Gasteiger partial charge is 0.0324 e. The number of hydrogen-bond donors (Lipinski definition) is 1. The molecule has 0 saturated carbocycles. The van der Waals surface area contributed by atoms with Gasteiger partial charge in [-0.3, -0.25) is 0 Å². The minimum atomic E-state index is 0.264. The van der Waals surface area contributed by atoms with Crippen molar-refractivity contribution in [2.75, 3.05) is 13.6 Å². The molecule has 74 valence electrons. The molecule has 0 fully saturated rings. The summed E-state index contributed by atoms with van der Waals surface area (Å²) in [4.78, 5) is 2.16. The van der Waals surface area contributed by atoms with Crippen molar-refractivity contribution in [3.63, 3.8) is 0 Å². The zero-order valence-electron chi connectivity index (χ0n) is 8.48. The molecule has 2 nitrogen and oxygen atoms in total. The summed E-state index contributed by atoms with van der Waals surface area (Å²) in [5.41, 5.74) is 8.60. The maximum Gasteiger partial charge on any atom is 0.0324 e. The normalized spacial score (nSPS) is 22.0. The molecule has 0 amide bonds. The first-order valence-corrected chi connectivity index (χ1v) is 4.97. The Kier molecular flexibility index (Phi) is 2.55. The first-order valence-electron chi connectivity index (χ1n) is 4.97. The zero-order chi connectivity index (χ0) is 9.97. The average Bonchev–Trinajstić information content (AvgIpc) is 2.18. The Hall–Kier alpha value is -1.28. The highest BCUT2D eigenvalue weighted by molar-refractivity contribution is 5.66. The molecule has 2 rings (SSSR count). The van der Waals surface area contributed by atoms with E-state index in [1.54, 1.807) is 0 Å². The van der Waals surface area contributed by atoms with Gasteiger partial charge >= 0.3 is 0 Å². The molecule has 0 aromatic heterocycles. The third kappa shape index (κ3) is 1.96. The second-order valence-corrected chi connectivity index (χ2v) is 3.92. The number of benzene rings is 1. The Morgan fingerprint density at radius 3 is 2.64 bits per heavy atom. The van der Waals surface area contributed by atoms with E-state index in [9.17, 15) is 0 Å². The van der Waals surface area contributed by atoms with E-state index < -0.39 is 0 Å². The van der Waals surface area contributed by atoms with Crippen molar-refractivity contribution < 1.29 is 0 Å². The summed E-state index contributed by atoms with van der Waals surface area (Å²) in [6.07, 6.45) is 3.17. The fraction of sp³-hybridized carbons (Fsp3) is 0.333. The number of rotatable bonds is 1. The number of hydrogen-bond acceptors (Lipinski definition) is 2. The van der Waals surface area contributed by atoms with Gasteiger partial charge in [-0.05, 0) is 17.6 Å². The topological polar surface area (TPSA) is 29.3 Å². The lowest BCUT2D eigenvalue weighted by Crippen LogP contribution is -2.36. The fourth-order valence-electron chi connectivity index (χ4n) is 1.93. The molecule has 1 unspecified atom stereocenters. The van der Waals surface area contributed by atoms with Gasteiger partial charge in [0.2, 0.25) is 0 Å². The molecule has 1 aliphatic heterocycles. The molecule has 2 heteroatoms. The lowest BCUT2D eigenvalue weighted by atomic mass is 9.97. The zero-order valence-corrected chi connectivity index (χ0v) is 8.48. The van der Waals surface area contributed by atoms with Crippen LogP contribution in [0.2, 0.25) is 0 Å². The first-order chi connectivity index (χ1) is 6.75. The first kappa shape index (κ1) is 9.28. The second-order valence-electron chi connectivity index (χ2n) is 3.92. The van der Waals surface area contributed by atoms with Crippen LogP contribution in [-0.4, -0.2) is 24.5 Å². The molecule has 0 radical (unpaired) electrons. The maximum absolute atomic E-state index is 5.97. The van der Waals surface area contributed by atoms with E-state index in [0.29, 0.717) is 0 Å². The van der Waals surface area contributed by atoms with Gasteiger partial charge in [-0.2, -0.15) is 0 Å². The van der Waals surface area contributed by atoms with Crippen LogP contribution in [0.15, 0.2) is 36.5 Å². The summed E-state index contributed by atoms with van der Waals surface area (Å²) in [5.74, 6) is 0. The number of nitrogens with two attached hydrogens (primary N) is 1. The van der Waals surface area contributed by atoms with E-state index in [-0.39, 0.29) is 6.04 Å². The van der Waals surface area contributed by atoms with Crippen molar-refractivity contribution in [2.24, 2.45) is 5.73 Å². The summed E-state index contributed by atoms with van der Waals surface area (Å²) >= 11 is 0. The summed E-state index contributed by atoms with van der Waals surface area (Å²) in [7, 11) is 2.07. The highest BCUT2D eigenvalue weighted by atomic mass is 15.1. The van der Waals surface area contributed by atoms with E-state index in [2.05, 4.69) is 42.4 Å². The van der Waals surface area contributed by atoms with Crippen LogP contribution in [-0.2, 0) is 0 Å². The molecule has 1 aromatic carbocycles. The molecule has 0 spiro atoms. The molecular formula is C12H16N2. The lowest BCUT2D eigenvalue weighted by Gasteiger charge is -2.27. The van der Waals surface area contributed by atoms with Crippen molar-refractivity contribution in [3.8, 4) is 0 Å². The van der Waals surface area contributed by atoms with Crippen LogP contribution in [0, 0.1) is 0 Å². The fourth-order valence-corrected chi connectivity index (χ4v) is 1.93. The number of nitrogens with zero attached hydrogens (tertiary/aromatic N) is 1. The van der Waals surface area contributed by atoms with Crippen molar-refractivity contribution in [2.45, 2.75) is 12.5 Å². The summed E-state index contributed by atoms with van der Waals surface area (Å²) in [5, 5.41) is 0. The molecule has 1 heterocycles. The summed E-state index contributed by atoms with van der Waals surface area (Å²) < 4.78 is 0. The Morgan fingerprint density at radius 2 is 2.00 bits per heavy atom. The van der Waals surface area contributed by atoms with Crippen LogP contribution in [0.3, 0.4) is 0 Å². The summed E-state index contributed by atoms with van der Waals surface area (Å²) in [6.45, 7) is 0.955. The molecule has 0 bridgehead atoms. The van der Waals surface area contributed by atoms with E-state index in [4.69, 9.17) is 5.73 Å². The minimum absolute atomic E-state index is 0.264. The van der Waals surface area contributed by atoms with Crippen molar-refractivity contribution in [1.29, 1.82) is 0 Å². The average molecular weight is 188 g/mol. The van der Waals surface area contributed by atoms with Crippen LogP contribution in [0.1, 0.15) is 12.0 Å². The Labute approximate surface area is 85.0 Å². The molecule has 2 N–H and O–H groups in total. The van der Waals surface area contributed by atoms with Crippen LogP contribution in [0.5, 0.6) is 0 Å². The molecule has 1 atom stereocenters. The molecule has 14 heavy (non-hydrogen) atoms. The predicted octanol–water partition coefficient (Wildman–Crippen LogP) is 1.69. The molecular weight excluding hydrogens is 172 g/mol. The largest absolute Gasteiger partial charge is 0.379 e. The lowest BCUT2D eigenvalue weighted by molar-refractivity contribution is 0.396. The summed E-state index contributed by atoms with van der Waals surface area (Å²) in [6, 6.07) is 10.7. The molecule has 1 aliphatic rings.